The first-order chi connectivity index (χ1) is 43.1. The van der Waals surface area contributed by atoms with E-state index in [9.17, 15) is 0 Å². The predicted molar refractivity (Wildman–Crippen MR) is 369 cm³/mol. The molecule has 17 rings (SSSR count). The summed E-state index contributed by atoms with van der Waals surface area (Å²) in [6, 6.07) is 110. The van der Waals surface area contributed by atoms with E-state index in [2.05, 4.69) is 308 Å². The average Bonchev–Trinajstić information content (AvgIpc) is 1.65. The van der Waals surface area contributed by atoms with E-state index in [1.165, 1.54) is 40.3 Å². The van der Waals surface area contributed by atoms with Crippen molar-refractivity contribution in [2.45, 2.75) is 0 Å². The Bertz CT molecular complexity index is 5150. The molecule has 13 aromatic carbocycles. The molecule has 0 N–H and O–H groups in total. The van der Waals surface area contributed by atoms with Crippen LogP contribution in [0.4, 0.5) is 0 Å². The minimum Gasteiger partial charge on any atom is -0.307 e. The van der Waals surface area contributed by atoms with Crippen LogP contribution in [0.5, 0.6) is 0 Å². The molecule has 0 radical (unpaired) electrons. The minimum absolute atomic E-state index is 0.582. The topological polar surface area (TPSA) is 43.6 Å². The molecular formula is C81H50N4S2. The summed E-state index contributed by atoms with van der Waals surface area (Å²) in [7, 11) is 0. The molecule has 4 aromatic heterocycles. The maximum atomic E-state index is 5.60. The van der Waals surface area contributed by atoms with Crippen molar-refractivity contribution < 1.29 is 0 Å². The molecule has 0 aliphatic carbocycles. The van der Waals surface area contributed by atoms with E-state index in [0.717, 1.165) is 111 Å². The van der Waals surface area contributed by atoms with Crippen molar-refractivity contribution in [3.63, 3.8) is 0 Å². The smallest absolute Gasteiger partial charge is 0.164 e. The third-order valence-corrected chi connectivity index (χ3v) is 19.3. The Balaban J connectivity index is 1.02. The van der Waals surface area contributed by atoms with Gasteiger partial charge in [0.2, 0.25) is 0 Å². The van der Waals surface area contributed by atoms with Crippen molar-refractivity contribution in [1.82, 2.24) is 19.5 Å². The lowest BCUT2D eigenvalue weighted by Crippen LogP contribution is -2.05. The molecule has 406 valence electrons. The molecule has 0 aliphatic rings. The van der Waals surface area contributed by atoms with Crippen LogP contribution in [0.15, 0.2) is 303 Å². The Hall–Kier alpha value is -10.9. The highest BCUT2D eigenvalue weighted by molar-refractivity contribution is 7.26. The number of hydrogen-bond donors (Lipinski definition) is 0. The van der Waals surface area contributed by atoms with Crippen LogP contribution in [0.3, 0.4) is 0 Å². The second-order valence-electron chi connectivity index (χ2n) is 22.1. The molecule has 0 fully saturated rings. The highest BCUT2D eigenvalue weighted by atomic mass is 32.1. The van der Waals surface area contributed by atoms with Crippen molar-refractivity contribution in [1.29, 1.82) is 0 Å². The molecule has 0 aliphatic heterocycles. The second kappa shape index (κ2) is 21.0. The normalized spacial score (nSPS) is 11.7. The molecule has 4 heterocycles. The Morgan fingerprint density at radius 1 is 0.218 bits per heavy atom. The fourth-order valence-electron chi connectivity index (χ4n) is 13.1. The average molecular weight is 1140 g/mol. The fraction of sp³-hybridized carbons (Fsp3) is 0. The second-order valence-corrected chi connectivity index (χ2v) is 24.3. The van der Waals surface area contributed by atoms with Gasteiger partial charge in [-0.25, -0.2) is 15.0 Å². The summed E-state index contributed by atoms with van der Waals surface area (Å²) < 4.78 is 7.51. The van der Waals surface area contributed by atoms with E-state index < -0.39 is 0 Å². The van der Waals surface area contributed by atoms with Gasteiger partial charge in [-0.1, -0.05) is 267 Å². The number of aromatic nitrogens is 4. The molecule has 0 saturated carbocycles. The van der Waals surface area contributed by atoms with Gasteiger partial charge in [-0.15, -0.1) is 22.7 Å². The van der Waals surface area contributed by atoms with E-state index in [4.69, 9.17) is 15.0 Å². The van der Waals surface area contributed by atoms with Gasteiger partial charge in [-0.3, -0.25) is 0 Å². The quantitative estimate of drug-likeness (QED) is 0.137. The third kappa shape index (κ3) is 8.68. The monoisotopic (exact) mass is 1140 g/mol. The molecule has 0 amide bonds. The standard InChI is InChI=1S/C81H50N4S2/c1-7-23-51(24-8-1)60-43-45-66-67-46-44-61(52-25-9-2-10-26-52)75(56-33-17-6-18-34-56)78(67)85(77(66)74(60)55-31-15-5-16-32-55)76-68(53-27-11-3-12-28-53)47-59(48-69(76)54-29-13-4-14-30-54)81-83-79(57-39-41-64-62-35-19-21-37-70(62)86-72(64)49-57)82-80(84-81)58-40-42-65-63-36-20-22-38-71(63)87-73(65)50-58/h1-50H. The molecule has 4 nitrogen and oxygen atoms in total. The van der Waals surface area contributed by atoms with Gasteiger partial charge in [0.25, 0.3) is 0 Å². The molecule has 0 spiro atoms. The van der Waals surface area contributed by atoms with Crippen molar-refractivity contribution in [2.24, 2.45) is 0 Å². The molecule has 0 bridgehead atoms. The summed E-state index contributed by atoms with van der Waals surface area (Å²) in [5, 5.41) is 7.26. The summed E-state index contributed by atoms with van der Waals surface area (Å²) in [4.78, 5) is 16.6. The number of nitrogens with zero attached hydrogens (tertiary/aromatic N) is 4. The molecule has 87 heavy (non-hydrogen) atoms. The van der Waals surface area contributed by atoms with E-state index in [-0.39, 0.29) is 0 Å². The van der Waals surface area contributed by atoms with Gasteiger partial charge in [0.15, 0.2) is 17.5 Å². The largest absolute Gasteiger partial charge is 0.307 e. The number of rotatable bonds is 10. The van der Waals surface area contributed by atoms with Crippen molar-refractivity contribution in [3.05, 3.63) is 303 Å². The van der Waals surface area contributed by atoms with E-state index in [0.29, 0.717) is 17.5 Å². The maximum Gasteiger partial charge on any atom is 0.164 e. The van der Waals surface area contributed by atoms with Crippen LogP contribution in [0.25, 0.3) is 169 Å². The lowest BCUT2D eigenvalue weighted by Gasteiger charge is -2.24. The summed E-state index contributed by atoms with van der Waals surface area (Å²) >= 11 is 3.60. The highest BCUT2D eigenvalue weighted by Crippen LogP contribution is 2.52. The van der Waals surface area contributed by atoms with Crippen LogP contribution in [0.2, 0.25) is 0 Å². The number of fused-ring (bicyclic) bond motifs is 9. The minimum atomic E-state index is 0.582. The summed E-state index contributed by atoms with van der Waals surface area (Å²) in [5.41, 5.74) is 19.3. The lowest BCUT2D eigenvalue weighted by atomic mass is 9.90. The molecule has 6 heteroatoms. The molecule has 17 aromatic rings. The van der Waals surface area contributed by atoms with Crippen LogP contribution < -0.4 is 0 Å². The Kier molecular flexibility index (Phi) is 12.2. The molecule has 0 unspecified atom stereocenters. The third-order valence-electron chi connectivity index (χ3n) is 17.1. The highest BCUT2D eigenvalue weighted by Gasteiger charge is 2.29. The van der Waals surface area contributed by atoms with E-state index >= 15 is 0 Å². The first kappa shape index (κ1) is 50.6. The van der Waals surface area contributed by atoms with Crippen molar-refractivity contribution in [2.75, 3.05) is 0 Å². The van der Waals surface area contributed by atoms with Gasteiger partial charge in [0.05, 0.1) is 16.7 Å². The molecule has 0 saturated heterocycles. The molecular weight excluding hydrogens is 1090 g/mol. The van der Waals surface area contributed by atoms with Gasteiger partial charge >= 0.3 is 0 Å². The van der Waals surface area contributed by atoms with Crippen LogP contribution in [0.1, 0.15) is 0 Å². The summed E-state index contributed by atoms with van der Waals surface area (Å²) in [5.74, 6) is 1.81. The lowest BCUT2D eigenvalue weighted by molar-refractivity contribution is 1.07. The first-order valence-electron chi connectivity index (χ1n) is 29.4. The van der Waals surface area contributed by atoms with Gasteiger partial charge < -0.3 is 4.57 Å². The van der Waals surface area contributed by atoms with Crippen LogP contribution in [-0.2, 0) is 0 Å². The first-order valence-corrected chi connectivity index (χ1v) is 31.0. The zero-order chi connectivity index (χ0) is 57.4. The fourth-order valence-corrected chi connectivity index (χ4v) is 15.4. The van der Waals surface area contributed by atoms with Crippen molar-refractivity contribution >= 4 is 84.8 Å². The Morgan fingerprint density at radius 3 is 0.920 bits per heavy atom. The number of hydrogen-bond acceptors (Lipinski definition) is 5. The van der Waals surface area contributed by atoms with Crippen molar-refractivity contribution in [3.8, 4) is 107 Å². The van der Waals surface area contributed by atoms with Gasteiger partial charge in [-0.05, 0) is 80.9 Å². The van der Waals surface area contributed by atoms with Gasteiger partial charge in [0, 0.05) is 90.1 Å². The molecule has 0 atom stereocenters. The zero-order valence-corrected chi connectivity index (χ0v) is 48.6. The van der Waals surface area contributed by atoms with E-state index in [1.54, 1.807) is 22.7 Å². The summed E-state index contributed by atoms with van der Waals surface area (Å²) in [6.45, 7) is 0. The Morgan fingerprint density at radius 2 is 0.529 bits per heavy atom. The van der Waals surface area contributed by atoms with E-state index in [1.807, 2.05) is 0 Å². The van der Waals surface area contributed by atoms with Gasteiger partial charge in [0.1, 0.15) is 0 Å². The summed E-state index contributed by atoms with van der Waals surface area (Å²) in [6.07, 6.45) is 0. The number of thiophene rings is 2. The maximum absolute atomic E-state index is 5.60. The van der Waals surface area contributed by atoms with Crippen LogP contribution >= 0.6 is 22.7 Å². The zero-order valence-electron chi connectivity index (χ0n) is 47.0. The van der Waals surface area contributed by atoms with Crippen LogP contribution in [0, 0.1) is 0 Å². The van der Waals surface area contributed by atoms with Crippen LogP contribution in [-0.4, -0.2) is 19.5 Å². The Labute approximate surface area is 510 Å². The predicted octanol–water partition coefficient (Wildman–Crippen LogP) is 22.7. The van der Waals surface area contributed by atoms with Gasteiger partial charge in [-0.2, -0.15) is 0 Å². The SMILES string of the molecule is c1ccc(-c2cc(-c3nc(-c4ccc5c(c4)sc4ccccc45)nc(-c4ccc5c(c4)sc4ccccc45)n3)cc(-c3ccccc3)c2-n2c3c(-c4ccccc4)c(-c4ccccc4)ccc3c3ccc(-c4ccccc4)c(-c4ccccc4)c32)cc1. The number of benzene rings is 13.